The fourth-order valence-corrected chi connectivity index (χ4v) is 2.28. The van der Waals surface area contributed by atoms with Gasteiger partial charge in [0.1, 0.15) is 0 Å². The van der Waals surface area contributed by atoms with Crippen molar-refractivity contribution in [1.82, 2.24) is 10.2 Å². The van der Waals surface area contributed by atoms with Crippen molar-refractivity contribution in [3.05, 3.63) is 0 Å². The van der Waals surface area contributed by atoms with Crippen LogP contribution in [-0.4, -0.2) is 62.7 Å². The zero-order chi connectivity index (χ0) is 14.7. The van der Waals surface area contributed by atoms with Gasteiger partial charge >= 0.3 is 6.03 Å². The molecule has 2 amide bonds. The SMILES string of the molecule is CCF.COC[C@H]1C[C@@H](C)CN(C(=O)NCCO)C1. The van der Waals surface area contributed by atoms with Crippen LogP contribution in [0.3, 0.4) is 0 Å². The standard InChI is InChI=1S/C11H22N2O3.C2H5F/c1-9-5-10(8-16-2)7-13(6-9)11(15)12-3-4-14;1-2-3/h9-10,14H,3-8H2,1-2H3,(H,12,15);2H2,1H3/t9-,10+;/m1./s1. The topological polar surface area (TPSA) is 61.8 Å². The molecule has 2 atom stereocenters. The van der Waals surface area contributed by atoms with Crippen molar-refractivity contribution in [3.8, 4) is 0 Å². The summed E-state index contributed by atoms with van der Waals surface area (Å²) in [6.45, 7) is 5.89. The van der Waals surface area contributed by atoms with E-state index in [1.165, 1.54) is 6.92 Å². The molecule has 1 aliphatic rings. The van der Waals surface area contributed by atoms with Crippen molar-refractivity contribution in [2.24, 2.45) is 11.8 Å². The van der Waals surface area contributed by atoms with E-state index >= 15 is 0 Å². The number of urea groups is 1. The zero-order valence-corrected chi connectivity index (χ0v) is 12.2. The van der Waals surface area contributed by atoms with Crippen LogP contribution in [0.2, 0.25) is 0 Å². The van der Waals surface area contributed by atoms with Gasteiger partial charge in [0.25, 0.3) is 0 Å². The lowest BCUT2D eigenvalue weighted by Crippen LogP contribution is -2.49. The fraction of sp³-hybridized carbons (Fsp3) is 0.923. The highest BCUT2D eigenvalue weighted by Crippen LogP contribution is 2.21. The lowest BCUT2D eigenvalue weighted by molar-refractivity contribution is 0.0808. The number of piperidine rings is 1. The molecule has 1 aliphatic heterocycles. The minimum atomic E-state index is -0.250. The molecule has 0 saturated carbocycles. The number of alkyl halides is 1. The Morgan fingerprint density at radius 2 is 2.16 bits per heavy atom. The number of hydrogen-bond donors (Lipinski definition) is 2. The van der Waals surface area contributed by atoms with E-state index in [2.05, 4.69) is 12.2 Å². The highest BCUT2D eigenvalue weighted by molar-refractivity contribution is 5.74. The maximum absolute atomic E-state index is 11.7. The summed E-state index contributed by atoms with van der Waals surface area (Å²) in [4.78, 5) is 13.5. The van der Waals surface area contributed by atoms with Gasteiger partial charge in [-0.15, -0.1) is 0 Å². The molecular weight excluding hydrogens is 251 g/mol. The van der Waals surface area contributed by atoms with E-state index in [-0.39, 0.29) is 19.3 Å². The molecule has 0 bridgehead atoms. The summed E-state index contributed by atoms with van der Waals surface area (Å²) >= 11 is 0. The van der Waals surface area contributed by atoms with E-state index in [1.807, 2.05) is 4.90 Å². The number of amides is 2. The first-order chi connectivity index (χ1) is 9.08. The van der Waals surface area contributed by atoms with Gasteiger partial charge < -0.3 is 20.1 Å². The number of carbonyl (C=O) groups excluding carboxylic acids is 1. The van der Waals surface area contributed by atoms with Crippen LogP contribution in [0.5, 0.6) is 0 Å². The monoisotopic (exact) mass is 278 g/mol. The molecule has 0 aliphatic carbocycles. The predicted molar refractivity (Wildman–Crippen MR) is 72.9 cm³/mol. The number of nitrogens with one attached hydrogen (secondary N) is 1. The molecule has 1 fully saturated rings. The molecule has 1 heterocycles. The maximum Gasteiger partial charge on any atom is 0.317 e. The summed E-state index contributed by atoms with van der Waals surface area (Å²) in [5.74, 6) is 0.933. The number of halogens is 1. The number of hydrogen-bond acceptors (Lipinski definition) is 3. The highest BCUT2D eigenvalue weighted by atomic mass is 19.1. The second kappa shape index (κ2) is 11.0. The first kappa shape index (κ1) is 18.1. The molecule has 0 radical (unpaired) electrons. The largest absolute Gasteiger partial charge is 0.395 e. The smallest absolute Gasteiger partial charge is 0.317 e. The molecule has 1 rings (SSSR count). The predicted octanol–water partition coefficient (Wildman–Crippen LogP) is 1.27. The van der Waals surface area contributed by atoms with Gasteiger partial charge in [-0.25, -0.2) is 4.79 Å². The summed E-state index contributed by atoms with van der Waals surface area (Å²) in [6.07, 6.45) is 1.11. The van der Waals surface area contributed by atoms with Gasteiger partial charge in [0.05, 0.1) is 19.9 Å². The number of nitrogens with zero attached hydrogens (tertiary/aromatic N) is 1. The number of carbonyl (C=O) groups is 1. The van der Waals surface area contributed by atoms with E-state index < -0.39 is 0 Å². The third kappa shape index (κ3) is 8.00. The molecule has 0 aromatic heterocycles. The Balaban J connectivity index is 0.000000982. The van der Waals surface area contributed by atoms with Crippen LogP contribution in [-0.2, 0) is 4.74 Å². The summed E-state index contributed by atoms with van der Waals surface area (Å²) in [7, 11) is 1.69. The van der Waals surface area contributed by atoms with E-state index in [4.69, 9.17) is 9.84 Å². The number of methoxy groups -OCH3 is 1. The van der Waals surface area contributed by atoms with Crippen LogP contribution in [0.25, 0.3) is 0 Å². The van der Waals surface area contributed by atoms with Crippen molar-refractivity contribution in [2.45, 2.75) is 20.3 Å². The molecule has 0 spiro atoms. The van der Waals surface area contributed by atoms with Gasteiger partial charge in [0.15, 0.2) is 0 Å². The summed E-state index contributed by atoms with van der Waals surface area (Å²) in [6, 6.07) is -0.0818. The van der Waals surface area contributed by atoms with Gasteiger partial charge in [-0.1, -0.05) is 6.92 Å². The van der Waals surface area contributed by atoms with Crippen LogP contribution in [0.1, 0.15) is 20.3 Å². The zero-order valence-electron chi connectivity index (χ0n) is 12.2. The molecule has 0 aromatic rings. The van der Waals surface area contributed by atoms with Crippen molar-refractivity contribution in [1.29, 1.82) is 0 Å². The van der Waals surface area contributed by atoms with Crippen molar-refractivity contribution < 1.29 is 19.0 Å². The Kier molecular flexibility index (Phi) is 10.5. The second-order valence-corrected chi connectivity index (χ2v) is 4.79. The molecular formula is C13H27FN2O3. The molecule has 2 N–H and O–H groups in total. The minimum Gasteiger partial charge on any atom is -0.395 e. The highest BCUT2D eigenvalue weighted by Gasteiger charge is 2.27. The molecule has 0 unspecified atom stereocenters. The van der Waals surface area contributed by atoms with Crippen LogP contribution in [0.15, 0.2) is 0 Å². The number of ether oxygens (including phenoxy) is 1. The Morgan fingerprint density at radius 3 is 2.68 bits per heavy atom. The summed E-state index contributed by atoms with van der Waals surface area (Å²) < 4.78 is 15.4. The van der Waals surface area contributed by atoms with Gasteiger partial charge in [-0.3, -0.25) is 4.39 Å². The third-order valence-corrected chi connectivity index (χ3v) is 2.82. The Morgan fingerprint density at radius 1 is 1.53 bits per heavy atom. The Labute approximate surface area is 115 Å². The van der Waals surface area contributed by atoms with E-state index in [0.29, 0.717) is 25.0 Å². The number of aliphatic hydroxyl groups excluding tert-OH is 1. The first-order valence-corrected chi connectivity index (χ1v) is 6.77. The van der Waals surface area contributed by atoms with E-state index in [0.717, 1.165) is 19.5 Å². The normalized spacial score (nSPS) is 22.5. The number of aliphatic hydroxyl groups is 1. The first-order valence-electron chi connectivity index (χ1n) is 6.77. The van der Waals surface area contributed by atoms with E-state index in [1.54, 1.807) is 7.11 Å². The van der Waals surface area contributed by atoms with Crippen molar-refractivity contribution >= 4 is 6.03 Å². The van der Waals surface area contributed by atoms with Crippen LogP contribution in [0.4, 0.5) is 9.18 Å². The van der Waals surface area contributed by atoms with Crippen LogP contribution in [0, 0.1) is 11.8 Å². The number of likely N-dealkylation sites (tertiary alicyclic amines) is 1. The summed E-state index contributed by atoms with van der Waals surface area (Å²) in [5, 5.41) is 11.3. The molecule has 0 aromatic carbocycles. The second-order valence-electron chi connectivity index (χ2n) is 4.79. The minimum absolute atomic E-state index is 0.0172. The average molecular weight is 278 g/mol. The van der Waals surface area contributed by atoms with Crippen molar-refractivity contribution in [3.63, 3.8) is 0 Å². The average Bonchev–Trinajstić information content (AvgIpc) is 2.36. The van der Waals surface area contributed by atoms with E-state index in [9.17, 15) is 9.18 Å². The number of rotatable bonds is 4. The van der Waals surface area contributed by atoms with Gasteiger partial charge in [-0.05, 0) is 19.3 Å². The van der Waals surface area contributed by atoms with Gasteiger partial charge in [-0.2, -0.15) is 0 Å². The Bertz CT molecular complexity index is 242. The Hall–Kier alpha value is -0.880. The molecule has 1 saturated heterocycles. The molecule has 19 heavy (non-hydrogen) atoms. The fourth-order valence-electron chi connectivity index (χ4n) is 2.28. The third-order valence-electron chi connectivity index (χ3n) is 2.82. The lowest BCUT2D eigenvalue weighted by atomic mass is 9.91. The lowest BCUT2D eigenvalue weighted by Gasteiger charge is -2.36. The van der Waals surface area contributed by atoms with Gasteiger partial charge in [0.2, 0.25) is 0 Å². The van der Waals surface area contributed by atoms with Gasteiger partial charge in [0, 0.05) is 32.7 Å². The van der Waals surface area contributed by atoms with Crippen molar-refractivity contribution in [2.75, 3.05) is 46.6 Å². The van der Waals surface area contributed by atoms with Crippen LogP contribution < -0.4 is 5.32 Å². The maximum atomic E-state index is 11.7. The molecule has 5 nitrogen and oxygen atoms in total. The summed E-state index contributed by atoms with van der Waals surface area (Å²) in [5.41, 5.74) is 0. The molecule has 114 valence electrons. The van der Waals surface area contributed by atoms with Crippen LogP contribution >= 0.6 is 0 Å². The quantitative estimate of drug-likeness (QED) is 0.814. The molecule has 6 heteroatoms.